The summed E-state index contributed by atoms with van der Waals surface area (Å²) in [6.45, 7) is 3.21. The van der Waals surface area contributed by atoms with E-state index in [9.17, 15) is 4.79 Å². The van der Waals surface area contributed by atoms with Crippen molar-refractivity contribution in [2.24, 2.45) is 0 Å². The zero-order valence-corrected chi connectivity index (χ0v) is 18.3. The normalized spacial score (nSPS) is 15.7. The Morgan fingerprint density at radius 3 is 2.80 bits per heavy atom. The summed E-state index contributed by atoms with van der Waals surface area (Å²) >= 11 is 1.73. The highest BCUT2D eigenvalue weighted by Crippen LogP contribution is 2.41. The van der Waals surface area contributed by atoms with Gasteiger partial charge in [-0.2, -0.15) is 0 Å². The van der Waals surface area contributed by atoms with Gasteiger partial charge in [0.25, 0.3) is 0 Å². The molecule has 0 unspecified atom stereocenters. The Kier molecular flexibility index (Phi) is 6.08. The second-order valence-electron chi connectivity index (χ2n) is 7.12. The summed E-state index contributed by atoms with van der Waals surface area (Å²) < 4.78 is 16.7. The molecule has 0 radical (unpaired) electrons. The monoisotopic (exact) mass is 426 g/mol. The molecule has 0 bridgehead atoms. The first-order valence-electron chi connectivity index (χ1n) is 10.0. The number of ether oxygens (including phenoxy) is 3. The number of H-pyrrole nitrogens is 1. The van der Waals surface area contributed by atoms with Gasteiger partial charge in [-0.15, -0.1) is 11.8 Å². The molecule has 1 amide bonds. The van der Waals surface area contributed by atoms with Gasteiger partial charge in [-0.05, 0) is 54.8 Å². The number of fused-ring (bicyclic) bond motifs is 2. The lowest BCUT2D eigenvalue weighted by Crippen LogP contribution is -2.35. The quantitative estimate of drug-likeness (QED) is 0.426. The number of carbonyl (C=O) groups excluding carboxylic acids is 1. The molecule has 2 aromatic carbocycles. The van der Waals surface area contributed by atoms with Crippen LogP contribution in [0.2, 0.25) is 0 Å². The van der Waals surface area contributed by atoms with E-state index in [0.29, 0.717) is 13.2 Å². The molecular formula is C23H26N2O4S. The molecule has 0 aliphatic carbocycles. The lowest BCUT2D eigenvalue weighted by molar-refractivity contribution is -0.120. The molecule has 6 nitrogen and oxygen atoms in total. The number of methoxy groups -OCH3 is 2. The zero-order valence-electron chi connectivity index (χ0n) is 17.4. The fourth-order valence-corrected chi connectivity index (χ4v) is 5.13. The van der Waals surface area contributed by atoms with Crippen molar-refractivity contribution in [1.82, 2.24) is 9.88 Å². The van der Waals surface area contributed by atoms with Crippen molar-refractivity contribution in [3.63, 3.8) is 0 Å². The van der Waals surface area contributed by atoms with Gasteiger partial charge < -0.3 is 24.1 Å². The highest BCUT2D eigenvalue weighted by Gasteiger charge is 2.28. The Hall–Kier alpha value is -2.80. The molecule has 0 spiro atoms. The molecule has 1 aliphatic rings. The molecule has 1 atom stereocenters. The average Bonchev–Trinajstić information content (AvgIpc) is 3.19. The standard InChI is InChI=1S/C23H26N2O4S/c1-4-29-22-11-17-15(9-21(22)28-3)7-8-25(14-26)20(17)13-30-23-12-24-19-6-5-16(27-2)10-18(19)23/h5-6,9-12,14,20,24H,4,7-8,13H2,1-3H3/t20-/m0/s1. The van der Waals surface area contributed by atoms with Crippen LogP contribution in [0.4, 0.5) is 0 Å². The van der Waals surface area contributed by atoms with Crippen molar-refractivity contribution in [3.05, 3.63) is 47.7 Å². The number of thioether (sulfide) groups is 1. The van der Waals surface area contributed by atoms with E-state index in [0.717, 1.165) is 57.2 Å². The number of nitrogens with one attached hydrogen (secondary N) is 1. The smallest absolute Gasteiger partial charge is 0.210 e. The summed E-state index contributed by atoms with van der Waals surface area (Å²) in [5, 5.41) is 1.12. The van der Waals surface area contributed by atoms with Crippen LogP contribution in [0.15, 0.2) is 41.4 Å². The Morgan fingerprint density at radius 1 is 1.20 bits per heavy atom. The summed E-state index contributed by atoms with van der Waals surface area (Å²) in [5.41, 5.74) is 3.40. The average molecular weight is 427 g/mol. The predicted octanol–water partition coefficient (Wildman–Crippen LogP) is 4.43. The minimum absolute atomic E-state index is 0.0306. The minimum atomic E-state index is -0.0306. The third-order valence-electron chi connectivity index (χ3n) is 5.51. The predicted molar refractivity (Wildman–Crippen MR) is 119 cm³/mol. The van der Waals surface area contributed by atoms with Crippen molar-refractivity contribution < 1.29 is 19.0 Å². The third-order valence-corrected chi connectivity index (χ3v) is 6.64. The SMILES string of the molecule is CCOc1cc2c(cc1OC)CCN(C=O)[C@H]2CSc1c[nH]c2ccc(OC)cc12. The van der Waals surface area contributed by atoms with Crippen molar-refractivity contribution >= 4 is 29.1 Å². The summed E-state index contributed by atoms with van der Waals surface area (Å²) in [5.74, 6) is 3.03. The van der Waals surface area contributed by atoms with Crippen LogP contribution in [0.5, 0.6) is 17.2 Å². The maximum atomic E-state index is 11.8. The molecule has 0 fully saturated rings. The van der Waals surface area contributed by atoms with Crippen LogP contribution in [0.1, 0.15) is 24.1 Å². The lowest BCUT2D eigenvalue weighted by Gasteiger charge is -2.35. The number of aromatic amines is 1. The number of aromatic nitrogens is 1. The number of amides is 1. The first-order chi connectivity index (χ1) is 14.7. The van der Waals surface area contributed by atoms with E-state index >= 15 is 0 Å². The van der Waals surface area contributed by atoms with Crippen molar-refractivity contribution in [1.29, 1.82) is 0 Å². The van der Waals surface area contributed by atoms with Gasteiger partial charge in [-0.3, -0.25) is 4.79 Å². The van der Waals surface area contributed by atoms with Crippen LogP contribution in [-0.4, -0.2) is 49.4 Å². The summed E-state index contributed by atoms with van der Waals surface area (Å²) in [7, 11) is 3.33. The molecule has 4 rings (SSSR count). The summed E-state index contributed by atoms with van der Waals surface area (Å²) in [4.78, 5) is 18.1. The number of nitrogens with zero attached hydrogens (tertiary/aromatic N) is 1. The van der Waals surface area contributed by atoms with Gasteiger partial charge in [0, 0.05) is 34.3 Å². The van der Waals surface area contributed by atoms with Crippen LogP contribution in [0, 0.1) is 0 Å². The van der Waals surface area contributed by atoms with Crippen LogP contribution in [0.25, 0.3) is 10.9 Å². The van der Waals surface area contributed by atoms with E-state index < -0.39 is 0 Å². The molecular weight excluding hydrogens is 400 g/mol. The highest BCUT2D eigenvalue weighted by atomic mass is 32.2. The molecule has 0 saturated carbocycles. The van der Waals surface area contributed by atoms with E-state index in [1.54, 1.807) is 26.0 Å². The number of rotatable bonds is 8. The van der Waals surface area contributed by atoms with Crippen LogP contribution in [0.3, 0.4) is 0 Å². The lowest BCUT2D eigenvalue weighted by atomic mass is 9.93. The maximum Gasteiger partial charge on any atom is 0.210 e. The van der Waals surface area contributed by atoms with Gasteiger partial charge >= 0.3 is 0 Å². The van der Waals surface area contributed by atoms with E-state index in [1.165, 1.54) is 5.56 Å². The molecule has 2 heterocycles. The Labute approximate surface area is 180 Å². The van der Waals surface area contributed by atoms with E-state index in [-0.39, 0.29) is 6.04 Å². The number of hydrogen-bond donors (Lipinski definition) is 1. The second-order valence-corrected chi connectivity index (χ2v) is 8.18. The number of hydrogen-bond acceptors (Lipinski definition) is 5. The zero-order chi connectivity index (χ0) is 21.1. The largest absolute Gasteiger partial charge is 0.497 e. The van der Waals surface area contributed by atoms with Crippen molar-refractivity contribution in [2.45, 2.75) is 24.3 Å². The topological polar surface area (TPSA) is 63.8 Å². The van der Waals surface area contributed by atoms with Gasteiger partial charge in [-0.25, -0.2) is 0 Å². The number of carbonyl (C=O) groups is 1. The van der Waals surface area contributed by atoms with Gasteiger partial charge in [0.15, 0.2) is 11.5 Å². The third kappa shape index (κ3) is 3.81. The molecule has 1 aromatic heterocycles. The Bertz CT molecular complexity index is 1050. The van der Waals surface area contributed by atoms with Gasteiger partial charge in [-0.1, -0.05) is 0 Å². The Morgan fingerprint density at radius 2 is 2.07 bits per heavy atom. The van der Waals surface area contributed by atoms with Crippen molar-refractivity contribution in [3.8, 4) is 17.2 Å². The molecule has 3 aromatic rings. The number of benzene rings is 2. The van der Waals surface area contributed by atoms with Gasteiger partial charge in [0.1, 0.15) is 5.75 Å². The first kappa shape index (κ1) is 20.5. The van der Waals surface area contributed by atoms with Crippen LogP contribution in [-0.2, 0) is 11.2 Å². The van der Waals surface area contributed by atoms with E-state index in [4.69, 9.17) is 14.2 Å². The fraction of sp³-hybridized carbons (Fsp3) is 0.348. The van der Waals surface area contributed by atoms with Crippen LogP contribution < -0.4 is 14.2 Å². The fourth-order valence-electron chi connectivity index (χ4n) is 3.96. The van der Waals surface area contributed by atoms with Gasteiger partial charge in [0.05, 0.1) is 26.9 Å². The minimum Gasteiger partial charge on any atom is -0.497 e. The molecule has 1 aliphatic heterocycles. The van der Waals surface area contributed by atoms with Crippen LogP contribution >= 0.6 is 11.8 Å². The van der Waals surface area contributed by atoms with E-state index in [2.05, 4.69) is 11.1 Å². The van der Waals surface area contributed by atoms with Gasteiger partial charge in [0.2, 0.25) is 6.41 Å². The molecule has 158 valence electrons. The highest BCUT2D eigenvalue weighted by molar-refractivity contribution is 7.99. The summed E-state index contributed by atoms with van der Waals surface area (Å²) in [6, 6.07) is 10.1. The molecule has 1 N–H and O–H groups in total. The maximum absolute atomic E-state index is 11.8. The van der Waals surface area contributed by atoms with E-state index in [1.807, 2.05) is 42.3 Å². The molecule has 7 heteroatoms. The second kappa shape index (κ2) is 8.92. The summed E-state index contributed by atoms with van der Waals surface area (Å²) in [6.07, 6.45) is 3.78. The molecule has 0 saturated heterocycles. The molecule has 30 heavy (non-hydrogen) atoms. The first-order valence-corrected chi connectivity index (χ1v) is 11.0. The Balaban J connectivity index is 1.65. The van der Waals surface area contributed by atoms with Crippen molar-refractivity contribution in [2.75, 3.05) is 33.1 Å².